The standard InChI is InChI=1S/C23H21Cl3N2O2/c1-14-9-11-28(12-10-14)19-6-5-15(13-18(19)25)27-23(29)21-8-7-20(30-21)16-3-2-4-17(24)22(16)26/h2-8,13-14H,9-12H2,1H3,(H,27,29). The lowest BCUT2D eigenvalue weighted by atomic mass is 9.99. The van der Waals surface area contributed by atoms with Crippen molar-refractivity contribution in [3.05, 3.63) is 69.4 Å². The molecule has 1 saturated heterocycles. The van der Waals surface area contributed by atoms with Crippen LogP contribution in [0.5, 0.6) is 0 Å². The van der Waals surface area contributed by atoms with Crippen molar-refractivity contribution in [3.63, 3.8) is 0 Å². The van der Waals surface area contributed by atoms with Crippen molar-refractivity contribution in [1.29, 1.82) is 0 Å². The van der Waals surface area contributed by atoms with E-state index in [1.165, 1.54) is 0 Å². The highest BCUT2D eigenvalue weighted by Gasteiger charge is 2.19. The minimum absolute atomic E-state index is 0.172. The minimum Gasteiger partial charge on any atom is -0.451 e. The first-order valence-corrected chi connectivity index (χ1v) is 11.0. The summed E-state index contributed by atoms with van der Waals surface area (Å²) in [5, 5.41) is 4.26. The van der Waals surface area contributed by atoms with E-state index in [-0.39, 0.29) is 11.7 Å². The maximum absolute atomic E-state index is 12.6. The van der Waals surface area contributed by atoms with Crippen LogP contribution in [0.25, 0.3) is 11.3 Å². The first-order valence-electron chi connectivity index (χ1n) is 9.82. The molecule has 7 heteroatoms. The van der Waals surface area contributed by atoms with Crippen molar-refractivity contribution in [3.8, 4) is 11.3 Å². The third-order valence-electron chi connectivity index (χ3n) is 5.38. The average Bonchev–Trinajstić information content (AvgIpc) is 3.21. The van der Waals surface area contributed by atoms with Gasteiger partial charge in [0.2, 0.25) is 0 Å². The Bertz CT molecular complexity index is 1070. The monoisotopic (exact) mass is 462 g/mol. The molecule has 0 bridgehead atoms. The molecule has 1 aliphatic heterocycles. The zero-order valence-electron chi connectivity index (χ0n) is 16.4. The van der Waals surface area contributed by atoms with Gasteiger partial charge in [-0.25, -0.2) is 0 Å². The molecule has 0 aliphatic carbocycles. The van der Waals surface area contributed by atoms with Crippen LogP contribution in [0.4, 0.5) is 11.4 Å². The summed E-state index contributed by atoms with van der Waals surface area (Å²) in [5.41, 5.74) is 2.24. The first-order chi connectivity index (χ1) is 14.4. The Hall–Kier alpha value is -2.14. The largest absolute Gasteiger partial charge is 0.451 e. The maximum atomic E-state index is 12.6. The molecule has 0 unspecified atom stereocenters. The number of carbonyl (C=O) groups is 1. The fraction of sp³-hybridized carbons (Fsp3) is 0.261. The number of piperidine rings is 1. The third kappa shape index (κ3) is 4.46. The topological polar surface area (TPSA) is 45.5 Å². The highest BCUT2D eigenvalue weighted by molar-refractivity contribution is 6.43. The Morgan fingerprint density at radius 1 is 1.03 bits per heavy atom. The molecule has 3 aromatic rings. The van der Waals surface area contributed by atoms with E-state index in [2.05, 4.69) is 17.1 Å². The molecule has 1 aliphatic rings. The Kier molecular flexibility index (Phi) is 6.28. The minimum atomic E-state index is -0.366. The quantitative estimate of drug-likeness (QED) is 0.438. The van der Waals surface area contributed by atoms with Crippen molar-refractivity contribution in [2.75, 3.05) is 23.3 Å². The van der Waals surface area contributed by atoms with E-state index < -0.39 is 0 Å². The highest BCUT2D eigenvalue weighted by atomic mass is 35.5. The van der Waals surface area contributed by atoms with Crippen molar-refractivity contribution in [1.82, 2.24) is 0 Å². The van der Waals surface area contributed by atoms with Gasteiger partial charge in [-0.1, -0.05) is 47.8 Å². The number of rotatable bonds is 4. The van der Waals surface area contributed by atoms with Crippen molar-refractivity contribution < 1.29 is 9.21 Å². The molecule has 4 nitrogen and oxygen atoms in total. The van der Waals surface area contributed by atoms with Crippen LogP contribution in [0.1, 0.15) is 30.3 Å². The zero-order valence-corrected chi connectivity index (χ0v) is 18.7. The van der Waals surface area contributed by atoms with E-state index in [9.17, 15) is 4.79 Å². The summed E-state index contributed by atoms with van der Waals surface area (Å²) < 4.78 is 5.70. The van der Waals surface area contributed by atoms with Crippen LogP contribution in [0, 0.1) is 5.92 Å². The van der Waals surface area contributed by atoms with Crippen molar-refractivity contribution >= 4 is 52.1 Å². The van der Waals surface area contributed by atoms with Gasteiger partial charge in [0, 0.05) is 24.3 Å². The Morgan fingerprint density at radius 2 is 1.80 bits per heavy atom. The molecule has 4 rings (SSSR count). The summed E-state index contributed by atoms with van der Waals surface area (Å²) in [7, 11) is 0. The van der Waals surface area contributed by atoms with E-state index in [0.717, 1.165) is 37.5 Å². The van der Waals surface area contributed by atoms with E-state index in [0.29, 0.717) is 32.1 Å². The SMILES string of the molecule is CC1CCN(c2ccc(NC(=O)c3ccc(-c4cccc(Cl)c4Cl)o3)cc2Cl)CC1. The summed E-state index contributed by atoms with van der Waals surface area (Å²) in [6.45, 7) is 4.26. The molecule has 0 atom stereocenters. The summed E-state index contributed by atoms with van der Waals surface area (Å²) in [6.07, 6.45) is 2.32. The summed E-state index contributed by atoms with van der Waals surface area (Å²) in [5.74, 6) is 1.03. The van der Waals surface area contributed by atoms with Gasteiger partial charge in [-0.3, -0.25) is 4.79 Å². The van der Waals surface area contributed by atoms with Crippen LogP contribution >= 0.6 is 34.8 Å². The number of furan rings is 1. The van der Waals surface area contributed by atoms with E-state index in [1.807, 2.05) is 12.1 Å². The van der Waals surface area contributed by atoms with Crippen LogP contribution in [-0.4, -0.2) is 19.0 Å². The lowest BCUT2D eigenvalue weighted by Gasteiger charge is -2.32. The number of halogens is 3. The highest BCUT2D eigenvalue weighted by Crippen LogP contribution is 2.35. The Balaban J connectivity index is 1.47. The van der Waals surface area contributed by atoms with Gasteiger partial charge in [0.1, 0.15) is 5.76 Å². The first kappa shape index (κ1) is 21.1. The smallest absolute Gasteiger partial charge is 0.291 e. The van der Waals surface area contributed by atoms with Gasteiger partial charge < -0.3 is 14.6 Å². The van der Waals surface area contributed by atoms with Gasteiger partial charge in [-0.05, 0) is 61.2 Å². The molecule has 1 fully saturated rings. The number of hydrogen-bond acceptors (Lipinski definition) is 3. The molecule has 0 spiro atoms. The zero-order chi connectivity index (χ0) is 21.3. The molecule has 0 saturated carbocycles. The van der Waals surface area contributed by atoms with Gasteiger partial charge in [0.05, 0.1) is 20.8 Å². The number of hydrogen-bond donors (Lipinski definition) is 1. The average molecular weight is 464 g/mol. The van der Waals surface area contributed by atoms with Crippen molar-refractivity contribution in [2.45, 2.75) is 19.8 Å². The van der Waals surface area contributed by atoms with Gasteiger partial charge >= 0.3 is 0 Å². The lowest BCUT2D eigenvalue weighted by molar-refractivity contribution is 0.0997. The second-order valence-corrected chi connectivity index (χ2v) is 8.75. The second-order valence-electron chi connectivity index (χ2n) is 7.56. The number of benzene rings is 2. The number of nitrogens with zero attached hydrogens (tertiary/aromatic N) is 1. The molecular weight excluding hydrogens is 443 g/mol. The van der Waals surface area contributed by atoms with Gasteiger partial charge in [-0.2, -0.15) is 0 Å². The summed E-state index contributed by atoms with van der Waals surface area (Å²) >= 11 is 18.8. The number of nitrogens with one attached hydrogen (secondary N) is 1. The number of carbonyl (C=O) groups excluding carboxylic acids is 1. The molecule has 2 aromatic carbocycles. The molecule has 156 valence electrons. The molecular formula is C23H21Cl3N2O2. The molecule has 1 N–H and O–H groups in total. The number of anilines is 2. The van der Waals surface area contributed by atoms with Gasteiger partial charge in [-0.15, -0.1) is 0 Å². The second kappa shape index (κ2) is 8.93. The molecule has 0 radical (unpaired) electrons. The van der Waals surface area contributed by atoms with Crippen LogP contribution in [0.2, 0.25) is 15.1 Å². The molecule has 1 aromatic heterocycles. The summed E-state index contributed by atoms with van der Waals surface area (Å²) in [4.78, 5) is 14.9. The molecule has 30 heavy (non-hydrogen) atoms. The van der Waals surface area contributed by atoms with E-state index in [1.54, 1.807) is 36.4 Å². The van der Waals surface area contributed by atoms with Crippen LogP contribution in [0.15, 0.2) is 52.9 Å². The Labute approximate surface area is 190 Å². The fourth-order valence-corrected chi connectivity index (χ4v) is 4.28. The predicted octanol–water partition coefficient (Wildman–Crippen LogP) is 7.40. The van der Waals surface area contributed by atoms with Crippen LogP contribution < -0.4 is 10.2 Å². The van der Waals surface area contributed by atoms with Gasteiger partial charge in [0.15, 0.2) is 5.76 Å². The fourth-order valence-electron chi connectivity index (χ4n) is 3.58. The summed E-state index contributed by atoms with van der Waals surface area (Å²) in [6, 6.07) is 14.1. The van der Waals surface area contributed by atoms with E-state index >= 15 is 0 Å². The number of amides is 1. The van der Waals surface area contributed by atoms with Crippen molar-refractivity contribution in [2.24, 2.45) is 5.92 Å². The molecule has 1 amide bonds. The molecule has 2 heterocycles. The van der Waals surface area contributed by atoms with Gasteiger partial charge in [0.25, 0.3) is 5.91 Å². The third-order valence-corrected chi connectivity index (χ3v) is 6.50. The van der Waals surface area contributed by atoms with Crippen LogP contribution in [0.3, 0.4) is 0 Å². The normalized spacial score (nSPS) is 14.7. The Morgan fingerprint density at radius 3 is 2.53 bits per heavy atom. The van der Waals surface area contributed by atoms with E-state index in [4.69, 9.17) is 39.2 Å². The van der Waals surface area contributed by atoms with Crippen LogP contribution in [-0.2, 0) is 0 Å². The lowest BCUT2D eigenvalue weighted by Crippen LogP contribution is -2.32. The maximum Gasteiger partial charge on any atom is 0.291 e. The predicted molar refractivity (Wildman–Crippen MR) is 124 cm³/mol.